The summed E-state index contributed by atoms with van der Waals surface area (Å²) in [5, 5.41) is 0. The van der Waals surface area contributed by atoms with Crippen molar-refractivity contribution in [2.75, 3.05) is 0 Å². The minimum atomic E-state index is 1.00. The molecule has 4 atom stereocenters. The van der Waals surface area contributed by atoms with Crippen molar-refractivity contribution in [3.8, 4) is 0 Å². The van der Waals surface area contributed by atoms with Crippen molar-refractivity contribution in [1.82, 2.24) is 0 Å². The van der Waals surface area contributed by atoms with Crippen LogP contribution in [0.5, 0.6) is 0 Å². The standard InChI is InChI=1S/C11H16/c1-2-8-4-6-10-7-5-9(3-1)11(8)10/h1-2,8-11H,3-7H2. The van der Waals surface area contributed by atoms with Gasteiger partial charge < -0.3 is 0 Å². The molecule has 0 aromatic rings. The third-order valence-corrected chi connectivity index (χ3v) is 4.18. The molecule has 0 nitrogen and oxygen atoms in total. The summed E-state index contributed by atoms with van der Waals surface area (Å²) in [6.07, 6.45) is 12.5. The predicted molar refractivity (Wildman–Crippen MR) is 46.2 cm³/mol. The normalized spacial score (nSPS) is 53.1. The zero-order chi connectivity index (χ0) is 7.26. The van der Waals surface area contributed by atoms with Gasteiger partial charge in [-0.2, -0.15) is 0 Å². The lowest BCUT2D eigenvalue weighted by atomic mass is 9.79. The van der Waals surface area contributed by atoms with E-state index in [2.05, 4.69) is 12.2 Å². The third-order valence-electron chi connectivity index (χ3n) is 4.18. The average molecular weight is 148 g/mol. The maximum absolute atomic E-state index is 2.51. The van der Waals surface area contributed by atoms with E-state index in [1.807, 2.05) is 0 Å². The van der Waals surface area contributed by atoms with Gasteiger partial charge in [0.05, 0.1) is 0 Å². The molecule has 3 aliphatic rings. The quantitative estimate of drug-likeness (QED) is 0.463. The Hall–Kier alpha value is -0.260. The summed E-state index contributed by atoms with van der Waals surface area (Å²) in [4.78, 5) is 0. The van der Waals surface area contributed by atoms with Crippen LogP contribution in [0.2, 0.25) is 0 Å². The van der Waals surface area contributed by atoms with Gasteiger partial charge >= 0.3 is 0 Å². The molecular weight excluding hydrogens is 132 g/mol. The van der Waals surface area contributed by atoms with Gasteiger partial charge in [-0.05, 0) is 55.8 Å². The Labute approximate surface area is 68.7 Å². The first kappa shape index (κ1) is 6.28. The van der Waals surface area contributed by atoms with Crippen molar-refractivity contribution in [3.05, 3.63) is 12.2 Å². The Kier molecular flexibility index (Phi) is 1.21. The fourth-order valence-electron chi connectivity index (χ4n) is 3.76. The first-order valence-corrected chi connectivity index (χ1v) is 5.12. The van der Waals surface area contributed by atoms with E-state index in [9.17, 15) is 0 Å². The summed E-state index contributed by atoms with van der Waals surface area (Å²) in [5.41, 5.74) is 0. The smallest absolute Gasteiger partial charge is 0.0200 e. The molecule has 0 amide bonds. The Morgan fingerprint density at radius 1 is 0.909 bits per heavy atom. The van der Waals surface area contributed by atoms with Crippen LogP contribution < -0.4 is 0 Å². The van der Waals surface area contributed by atoms with Crippen LogP contribution in [0.3, 0.4) is 0 Å². The molecule has 3 aliphatic carbocycles. The largest absolute Gasteiger partial charge is 0.0880 e. The molecule has 0 N–H and O–H groups in total. The minimum Gasteiger partial charge on any atom is -0.0880 e. The highest BCUT2D eigenvalue weighted by molar-refractivity contribution is 5.08. The molecule has 60 valence electrons. The minimum absolute atomic E-state index is 1.00. The first-order chi connectivity index (χ1) is 5.45. The van der Waals surface area contributed by atoms with Crippen LogP contribution in [0.1, 0.15) is 32.1 Å². The molecule has 2 saturated carbocycles. The third kappa shape index (κ3) is 0.758. The molecule has 0 radical (unpaired) electrons. The Bertz CT molecular complexity index is 192. The van der Waals surface area contributed by atoms with E-state index in [1.165, 1.54) is 25.7 Å². The molecule has 3 rings (SSSR count). The molecule has 0 aromatic carbocycles. The molecular formula is C11H16. The zero-order valence-electron chi connectivity index (χ0n) is 7.00. The van der Waals surface area contributed by atoms with Gasteiger partial charge in [-0.15, -0.1) is 0 Å². The van der Waals surface area contributed by atoms with Crippen LogP contribution in [-0.4, -0.2) is 0 Å². The van der Waals surface area contributed by atoms with E-state index < -0.39 is 0 Å². The summed E-state index contributed by atoms with van der Waals surface area (Å²) in [6.45, 7) is 0. The summed E-state index contributed by atoms with van der Waals surface area (Å²) in [6, 6.07) is 0. The molecule has 0 saturated heterocycles. The average Bonchev–Trinajstić information content (AvgIpc) is 2.60. The second-order valence-electron chi connectivity index (χ2n) is 4.58. The van der Waals surface area contributed by atoms with Gasteiger partial charge in [-0.1, -0.05) is 12.2 Å². The molecule has 0 spiro atoms. The lowest BCUT2D eigenvalue weighted by Gasteiger charge is -2.26. The fourth-order valence-corrected chi connectivity index (χ4v) is 3.76. The number of rotatable bonds is 0. The summed E-state index contributed by atoms with van der Waals surface area (Å²) in [5.74, 6) is 4.36. The van der Waals surface area contributed by atoms with Crippen LogP contribution in [0.25, 0.3) is 0 Å². The van der Waals surface area contributed by atoms with Crippen molar-refractivity contribution in [3.63, 3.8) is 0 Å². The lowest BCUT2D eigenvalue weighted by molar-refractivity contribution is 0.292. The maximum Gasteiger partial charge on any atom is -0.0200 e. The van der Waals surface area contributed by atoms with Gasteiger partial charge in [0.15, 0.2) is 0 Å². The van der Waals surface area contributed by atoms with Gasteiger partial charge in [-0.25, -0.2) is 0 Å². The summed E-state index contributed by atoms with van der Waals surface area (Å²) >= 11 is 0. The molecule has 0 heterocycles. The van der Waals surface area contributed by atoms with Crippen LogP contribution >= 0.6 is 0 Å². The predicted octanol–water partition coefficient (Wildman–Crippen LogP) is 3.00. The number of hydrogen-bond acceptors (Lipinski definition) is 0. The highest BCUT2D eigenvalue weighted by Crippen LogP contribution is 2.54. The molecule has 0 heteroatoms. The molecule has 0 aromatic heterocycles. The van der Waals surface area contributed by atoms with Crippen molar-refractivity contribution >= 4 is 0 Å². The number of allylic oxidation sites excluding steroid dienone is 2. The molecule has 11 heavy (non-hydrogen) atoms. The Morgan fingerprint density at radius 2 is 1.73 bits per heavy atom. The first-order valence-electron chi connectivity index (χ1n) is 5.12. The van der Waals surface area contributed by atoms with Crippen molar-refractivity contribution in [2.24, 2.45) is 23.7 Å². The summed E-state index contributed by atoms with van der Waals surface area (Å²) < 4.78 is 0. The second kappa shape index (κ2) is 2.12. The number of hydrogen-bond donors (Lipinski definition) is 0. The van der Waals surface area contributed by atoms with Crippen LogP contribution in [0, 0.1) is 23.7 Å². The summed E-state index contributed by atoms with van der Waals surface area (Å²) in [7, 11) is 0. The lowest BCUT2D eigenvalue weighted by Crippen LogP contribution is -2.18. The van der Waals surface area contributed by atoms with Crippen molar-refractivity contribution < 1.29 is 0 Å². The van der Waals surface area contributed by atoms with E-state index >= 15 is 0 Å². The van der Waals surface area contributed by atoms with Crippen LogP contribution in [0.15, 0.2) is 12.2 Å². The van der Waals surface area contributed by atoms with Crippen LogP contribution in [0.4, 0.5) is 0 Å². The van der Waals surface area contributed by atoms with E-state index in [0.717, 1.165) is 23.7 Å². The van der Waals surface area contributed by atoms with Gasteiger partial charge in [0, 0.05) is 0 Å². The maximum atomic E-state index is 2.51. The highest BCUT2D eigenvalue weighted by atomic mass is 14.5. The second-order valence-corrected chi connectivity index (χ2v) is 4.58. The van der Waals surface area contributed by atoms with Gasteiger partial charge in [0.25, 0.3) is 0 Å². The van der Waals surface area contributed by atoms with Gasteiger partial charge in [0.2, 0.25) is 0 Å². The molecule has 4 unspecified atom stereocenters. The monoisotopic (exact) mass is 148 g/mol. The van der Waals surface area contributed by atoms with Crippen molar-refractivity contribution in [2.45, 2.75) is 32.1 Å². The topological polar surface area (TPSA) is 0 Å². The highest BCUT2D eigenvalue weighted by Gasteiger charge is 2.44. The van der Waals surface area contributed by atoms with Gasteiger partial charge in [0.1, 0.15) is 0 Å². The SMILES string of the molecule is C1=CC2CCC3CCC(C1)C23. The molecule has 0 bridgehead atoms. The zero-order valence-corrected chi connectivity index (χ0v) is 7.00. The van der Waals surface area contributed by atoms with E-state index in [0.29, 0.717) is 0 Å². The molecule has 2 fully saturated rings. The van der Waals surface area contributed by atoms with Gasteiger partial charge in [-0.3, -0.25) is 0 Å². The fraction of sp³-hybridized carbons (Fsp3) is 0.818. The Morgan fingerprint density at radius 3 is 2.73 bits per heavy atom. The van der Waals surface area contributed by atoms with Crippen LogP contribution in [-0.2, 0) is 0 Å². The van der Waals surface area contributed by atoms with E-state index in [4.69, 9.17) is 0 Å². The Balaban J connectivity index is 1.96. The van der Waals surface area contributed by atoms with Crippen molar-refractivity contribution in [1.29, 1.82) is 0 Å². The van der Waals surface area contributed by atoms with E-state index in [-0.39, 0.29) is 0 Å². The molecule has 0 aliphatic heterocycles. The van der Waals surface area contributed by atoms with E-state index in [1.54, 1.807) is 6.42 Å².